The summed E-state index contributed by atoms with van der Waals surface area (Å²) in [5, 5.41) is 9.11. The Morgan fingerprint density at radius 1 is 1.30 bits per heavy atom. The number of aromatic carboxylic acids is 1. The van der Waals surface area contributed by atoms with Crippen molar-refractivity contribution < 1.29 is 18.3 Å². The van der Waals surface area contributed by atoms with E-state index in [0.29, 0.717) is 11.3 Å². The number of carbonyl (C=O) groups is 1. The second-order valence-corrected chi connectivity index (χ2v) is 6.62. The van der Waals surface area contributed by atoms with Crippen molar-refractivity contribution >= 4 is 15.8 Å². The van der Waals surface area contributed by atoms with Gasteiger partial charge in [0.15, 0.2) is 9.84 Å². The van der Waals surface area contributed by atoms with Crippen LogP contribution >= 0.6 is 0 Å². The third-order valence-corrected chi connectivity index (χ3v) is 4.05. The van der Waals surface area contributed by atoms with Crippen molar-refractivity contribution in [3.63, 3.8) is 0 Å². The molecule has 0 amide bonds. The maximum Gasteiger partial charge on any atom is 0.335 e. The molecule has 0 aliphatic carbocycles. The van der Waals surface area contributed by atoms with Gasteiger partial charge in [-0.1, -0.05) is 0 Å². The average Bonchev–Trinajstić information content (AvgIpc) is 2.73. The van der Waals surface area contributed by atoms with Gasteiger partial charge in [-0.2, -0.15) is 0 Å². The maximum atomic E-state index is 11.9. The summed E-state index contributed by atoms with van der Waals surface area (Å²) in [6.45, 7) is 3.41. The lowest BCUT2D eigenvalue weighted by molar-refractivity contribution is 0.0696. The molecule has 1 N–H and O–H groups in total. The van der Waals surface area contributed by atoms with E-state index in [1.807, 2.05) is 0 Å². The summed E-state index contributed by atoms with van der Waals surface area (Å²) in [4.78, 5) is 15.2. The number of imidazole rings is 1. The number of hydrogen-bond acceptors (Lipinski definition) is 4. The summed E-state index contributed by atoms with van der Waals surface area (Å²) in [5.74, 6) is -1.15. The Balaban J connectivity index is 2.80. The first kappa shape index (κ1) is 14.3. The molecular weight excluding hydrogens is 280 g/mol. The minimum absolute atomic E-state index is 0.0222. The highest BCUT2D eigenvalue weighted by atomic mass is 32.2. The molecule has 2 aromatic rings. The fourth-order valence-corrected chi connectivity index (χ4v) is 2.83. The Morgan fingerprint density at radius 2 is 1.95 bits per heavy atom. The Hall–Kier alpha value is -2.15. The molecule has 20 heavy (non-hydrogen) atoms. The van der Waals surface area contributed by atoms with E-state index in [-0.39, 0.29) is 10.5 Å². The lowest BCUT2D eigenvalue weighted by atomic mass is 10.1. The van der Waals surface area contributed by atoms with Gasteiger partial charge in [0.1, 0.15) is 0 Å². The molecule has 0 aliphatic rings. The Labute approximate surface area is 116 Å². The van der Waals surface area contributed by atoms with Crippen LogP contribution in [0.4, 0.5) is 0 Å². The van der Waals surface area contributed by atoms with Crippen LogP contribution in [0.15, 0.2) is 29.6 Å². The maximum absolute atomic E-state index is 11.9. The van der Waals surface area contributed by atoms with Crippen molar-refractivity contribution in [3.8, 4) is 5.69 Å². The number of carboxylic acid groups (broad SMARTS) is 1. The molecule has 2 rings (SSSR count). The molecule has 0 aliphatic heterocycles. The van der Waals surface area contributed by atoms with Crippen LogP contribution in [-0.4, -0.2) is 35.3 Å². The van der Waals surface area contributed by atoms with E-state index < -0.39 is 15.8 Å². The first-order chi connectivity index (χ1) is 9.20. The summed E-state index contributed by atoms with van der Waals surface area (Å²) >= 11 is 0. The number of benzene rings is 1. The van der Waals surface area contributed by atoms with Crippen LogP contribution in [0.5, 0.6) is 0 Å². The number of aromatic nitrogens is 2. The van der Waals surface area contributed by atoms with Gasteiger partial charge in [-0.3, -0.25) is 0 Å². The number of carboxylic acids is 1. The molecule has 1 heterocycles. The van der Waals surface area contributed by atoms with Crippen LogP contribution < -0.4 is 0 Å². The highest BCUT2D eigenvalue weighted by molar-refractivity contribution is 7.90. The molecule has 0 spiro atoms. The zero-order chi connectivity index (χ0) is 15.1. The fourth-order valence-electron chi connectivity index (χ4n) is 1.95. The number of hydrogen-bond donors (Lipinski definition) is 1. The van der Waals surface area contributed by atoms with E-state index >= 15 is 0 Å². The molecular formula is C13H14N2O4S. The largest absolute Gasteiger partial charge is 0.478 e. The Kier molecular flexibility index (Phi) is 3.39. The summed E-state index contributed by atoms with van der Waals surface area (Å²) in [5.41, 5.74) is 1.61. The van der Waals surface area contributed by atoms with Crippen molar-refractivity contribution in [1.82, 2.24) is 9.55 Å². The standard InChI is InChI=1S/C13H14N2O4S/c1-8-4-11(15-6-9(2)14-7-15)12(20(3,18)19)5-10(8)13(16)17/h4-7H,1-3H3,(H,16,17). The minimum Gasteiger partial charge on any atom is -0.478 e. The van der Waals surface area contributed by atoms with Gasteiger partial charge >= 0.3 is 5.97 Å². The summed E-state index contributed by atoms with van der Waals surface area (Å²) in [6.07, 6.45) is 4.24. The third-order valence-electron chi connectivity index (χ3n) is 2.93. The zero-order valence-corrected chi connectivity index (χ0v) is 12.1. The molecule has 0 saturated heterocycles. The summed E-state index contributed by atoms with van der Waals surface area (Å²) < 4.78 is 25.4. The Bertz CT molecular complexity index is 791. The molecule has 0 fully saturated rings. The van der Waals surface area contributed by atoms with E-state index in [9.17, 15) is 13.2 Å². The normalized spacial score (nSPS) is 11.6. The van der Waals surface area contributed by atoms with Crippen LogP contribution in [0.3, 0.4) is 0 Å². The second kappa shape index (κ2) is 4.75. The summed E-state index contributed by atoms with van der Waals surface area (Å²) in [7, 11) is -3.56. The topological polar surface area (TPSA) is 89.3 Å². The van der Waals surface area contributed by atoms with Crippen LogP contribution in [0.2, 0.25) is 0 Å². The van der Waals surface area contributed by atoms with Crippen molar-refractivity contribution in [2.45, 2.75) is 18.7 Å². The lowest BCUT2D eigenvalue weighted by Gasteiger charge is -2.12. The predicted octanol–water partition coefficient (Wildman–Crippen LogP) is 1.59. The number of aryl methyl sites for hydroxylation is 2. The number of rotatable bonds is 3. The molecule has 106 valence electrons. The smallest absolute Gasteiger partial charge is 0.335 e. The monoisotopic (exact) mass is 294 g/mol. The van der Waals surface area contributed by atoms with E-state index in [4.69, 9.17) is 5.11 Å². The van der Waals surface area contributed by atoms with E-state index in [2.05, 4.69) is 4.98 Å². The predicted molar refractivity (Wildman–Crippen MR) is 73.1 cm³/mol. The third kappa shape index (κ3) is 2.57. The average molecular weight is 294 g/mol. The molecule has 1 aromatic heterocycles. The molecule has 7 heteroatoms. The zero-order valence-electron chi connectivity index (χ0n) is 11.3. The van der Waals surface area contributed by atoms with Gasteiger partial charge in [0, 0.05) is 12.5 Å². The van der Waals surface area contributed by atoms with Crippen molar-refractivity contribution in [3.05, 3.63) is 41.5 Å². The first-order valence-electron chi connectivity index (χ1n) is 5.79. The quantitative estimate of drug-likeness (QED) is 0.928. The number of nitrogens with zero attached hydrogens (tertiary/aromatic N) is 2. The lowest BCUT2D eigenvalue weighted by Crippen LogP contribution is -2.09. The van der Waals surface area contributed by atoms with Gasteiger partial charge in [0.2, 0.25) is 0 Å². The minimum atomic E-state index is -3.56. The van der Waals surface area contributed by atoms with Crippen LogP contribution in [0, 0.1) is 13.8 Å². The van der Waals surface area contributed by atoms with Gasteiger partial charge < -0.3 is 9.67 Å². The van der Waals surface area contributed by atoms with Crippen LogP contribution in [0.1, 0.15) is 21.6 Å². The molecule has 0 radical (unpaired) electrons. The molecule has 6 nitrogen and oxygen atoms in total. The van der Waals surface area contributed by atoms with E-state index in [1.165, 1.54) is 12.4 Å². The van der Waals surface area contributed by atoms with Crippen molar-refractivity contribution in [2.24, 2.45) is 0 Å². The highest BCUT2D eigenvalue weighted by Crippen LogP contribution is 2.25. The molecule has 1 aromatic carbocycles. The van der Waals surface area contributed by atoms with Crippen LogP contribution in [-0.2, 0) is 9.84 Å². The highest BCUT2D eigenvalue weighted by Gasteiger charge is 2.20. The second-order valence-electron chi connectivity index (χ2n) is 4.63. The van der Waals surface area contributed by atoms with Gasteiger partial charge in [0.25, 0.3) is 0 Å². The molecule has 0 unspecified atom stereocenters. The van der Waals surface area contributed by atoms with E-state index in [1.54, 1.807) is 30.7 Å². The van der Waals surface area contributed by atoms with Gasteiger partial charge in [-0.15, -0.1) is 0 Å². The molecule has 0 bridgehead atoms. The molecule has 0 saturated carbocycles. The van der Waals surface area contributed by atoms with Crippen molar-refractivity contribution in [1.29, 1.82) is 0 Å². The molecule has 0 atom stereocenters. The van der Waals surface area contributed by atoms with E-state index in [0.717, 1.165) is 11.9 Å². The van der Waals surface area contributed by atoms with Gasteiger partial charge in [-0.05, 0) is 31.5 Å². The van der Waals surface area contributed by atoms with Gasteiger partial charge in [-0.25, -0.2) is 18.2 Å². The fraction of sp³-hybridized carbons (Fsp3) is 0.231. The number of sulfone groups is 1. The Morgan fingerprint density at radius 3 is 2.40 bits per heavy atom. The van der Waals surface area contributed by atoms with Gasteiger partial charge in [0.05, 0.1) is 28.2 Å². The van der Waals surface area contributed by atoms with Crippen molar-refractivity contribution in [2.75, 3.05) is 6.26 Å². The summed E-state index contributed by atoms with van der Waals surface area (Å²) in [6, 6.07) is 2.73. The SMILES string of the molecule is Cc1cn(-c2cc(C)c(C(=O)O)cc2S(C)(=O)=O)cn1. The van der Waals surface area contributed by atoms with Crippen LogP contribution in [0.25, 0.3) is 5.69 Å². The first-order valence-corrected chi connectivity index (χ1v) is 7.68.